The van der Waals surface area contributed by atoms with Crippen molar-refractivity contribution in [1.29, 1.82) is 0 Å². The molecular weight excluding hydrogens is 254 g/mol. The molecular formula is C15H21N3O2. The molecule has 1 heterocycles. The standard InChI is InChI=1S/C15H21N3O2/c1-15(5-7-17-8-6-15)14(20)18-10-11-3-2-4-12(9-11)13(16)19/h2-4,9,17H,5-8,10H2,1H3,(H2,16,19)(H,18,20). The van der Waals surface area contributed by atoms with E-state index in [-0.39, 0.29) is 11.3 Å². The third kappa shape index (κ3) is 3.36. The third-order valence-electron chi connectivity index (χ3n) is 3.92. The molecule has 0 bridgehead atoms. The second kappa shape index (κ2) is 6.05. The van der Waals surface area contributed by atoms with Crippen LogP contribution in [-0.4, -0.2) is 24.9 Å². The number of benzene rings is 1. The van der Waals surface area contributed by atoms with Crippen molar-refractivity contribution in [1.82, 2.24) is 10.6 Å². The Morgan fingerprint density at radius 2 is 2.05 bits per heavy atom. The van der Waals surface area contributed by atoms with Crippen LogP contribution < -0.4 is 16.4 Å². The quantitative estimate of drug-likeness (QED) is 0.759. The van der Waals surface area contributed by atoms with E-state index in [0.717, 1.165) is 31.5 Å². The highest BCUT2D eigenvalue weighted by Gasteiger charge is 2.34. The minimum atomic E-state index is -0.455. The van der Waals surface area contributed by atoms with E-state index >= 15 is 0 Å². The zero-order valence-electron chi connectivity index (χ0n) is 11.7. The van der Waals surface area contributed by atoms with Crippen LogP contribution in [0.15, 0.2) is 24.3 Å². The Hall–Kier alpha value is -1.88. The van der Waals surface area contributed by atoms with Crippen molar-refractivity contribution in [3.8, 4) is 0 Å². The van der Waals surface area contributed by atoms with E-state index in [9.17, 15) is 9.59 Å². The zero-order valence-corrected chi connectivity index (χ0v) is 11.7. The summed E-state index contributed by atoms with van der Waals surface area (Å²) >= 11 is 0. The van der Waals surface area contributed by atoms with E-state index in [1.54, 1.807) is 18.2 Å². The van der Waals surface area contributed by atoms with Gasteiger partial charge >= 0.3 is 0 Å². The summed E-state index contributed by atoms with van der Waals surface area (Å²) in [6.07, 6.45) is 1.69. The molecule has 5 heteroatoms. The van der Waals surface area contributed by atoms with Crippen molar-refractivity contribution in [2.24, 2.45) is 11.1 Å². The Morgan fingerprint density at radius 1 is 1.35 bits per heavy atom. The minimum Gasteiger partial charge on any atom is -0.366 e. The lowest BCUT2D eigenvalue weighted by molar-refractivity contribution is -0.131. The van der Waals surface area contributed by atoms with Crippen molar-refractivity contribution < 1.29 is 9.59 Å². The Morgan fingerprint density at radius 3 is 2.70 bits per heavy atom. The second-order valence-corrected chi connectivity index (χ2v) is 5.56. The van der Waals surface area contributed by atoms with E-state index in [1.807, 2.05) is 13.0 Å². The van der Waals surface area contributed by atoms with Gasteiger partial charge in [-0.25, -0.2) is 0 Å². The van der Waals surface area contributed by atoms with Crippen LogP contribution in [0.5, 0.6) is 0 Å². The number of nitrogens with one attached hydrogen (secondary N) is 2. The lowest BCUT2D eigenvalue weighted by Gasteiger charge is -2.32. The molecule has 0 radical (unpaired) electrons. The molecule has 4 N–H and O–H groups in total. The average Bonchev–Trinajstić information content (AvgIpc) is 2.45. The van der Waals surface area contributed by atoms with E-state index < -0.39 is 5.91 Å². The van der Waals surface area contributed by atoms with Crippen molar-refractivity contribution in [3.05, 3.63) is 35.4 Å². The van der Waals surface area contributed by atoms with Crippen LogP contribution in [0.3, 0.4) is 0 Å². The van der Waals surface area contributed by atoms with Crippen LogP contribution in [0.25, 0.3) is 0 Å². The van der Waals surface area contributed by atoms with Gasteiger partial charge in [-0.3, -0.25) is 9.59 Å². The zero-order chi connectivity index (χ0) is 14.6. The summed E-state index contributed by atoms with van der Waals surface area (Å²) in [7, 11) is 0. The number of amides is 2. The number of hydrogen-bond donors (Lipinski definition) is 3. The molecule has 2 amide bonds. The topological polar surface area (TPSA) is 84.2 Å². The highest BCUT2D eigenvalue weighted by atomic mass is 16.2. The number of hydrogen-bond acceptors (Lipinski definition) is 3. The maximum Gasteiger partial charge on any atom is 0.248 e. The number of carbonyl (C=O) groups is 2. The normalized spacial score (nSPS) is 17.4. The predicted molar refractivity (Wildman–Crippen MR) is 77.0 cm³/mol. The van der Waals surface area contributed by atoms with Crippen molar-refractivity contribution in [2.45, 2.75) is 26.3 Å². The smallest absolute Gasteiger partial charge is 0.248 e. The summed E-state index contributed by atoms with van der Waals surface area (Å²) in [5.74, 6) is -0.382. The molecule has 1 fully saturated rings. The Labute approximate surface area is 118 Å². The molecule has 0 saturated carbocycles. The van der Waals surface area contributed by atoms with Crippen LogP contribution in [-0.2, 0) is 11.3 Å². The maximum atomic E-state index is 12.3. The molecule has 1 aliphatic rings. The fourth-order valence-electron chi connectivity index (χ4n) is 2.44. The largest absolute Gasteiger partial charge is 0.366 e. The monoisotopic (exact) mass is 275 g/mol. The van der Waals surface area contributed by atoms with Gasteiger partial charge in [-0.2, -0.15) is 0 Å². The molecule has 0 aromatic heterocycles. The summed E-state index contributed by atoms with van der Waals surface area (Å²) in [6.45, 7) is 4.17. The fourth-order valence-corrected chi connectivity index (χ4v) is 2.44. The average molecular weight is 275 g/mol. The highest BCUT2D eigenvalue weighted by Crippen LogP contribution is 2.28. The first kappa shape index (κ1) is 14.5. The highest BCUT2D eigenvalue weighted by molar-refractivity contribution is 5.92. The number of nitrogens with two attached hydrogens (primary N) is 1. The number of piperidine rings is 1. The van der Waals surface area contributed by atoms with Crippen molar-refractivity contribution >= 4 is 11.8 Å². The molecule has 2 rings (SSSR count). The van der Waals surface area contributed by atoms with Crippen LogP contribution in [0.4, 0.5) is 0 Å². The molecule has 5 nitrogen and oxygen atoms in total. The summed E-state index contributed by atoms with van der Waals surface area (Å²) in [4.78, 5) is 23.4. The first-order valence-electron chi connectivity index (χ1n) is 6.89. The Kier molecular flexibility index (Phi) is 4.39. The molecule has 0 unspecified atom stereocenters. The fraction of sp³-hybridized carbons (Fsp3) is 0.467. The molecule has 1 saturated heterocycles. The molecule has 1 aliphatic heterocycles. The summed E-state index contributed by atoms with van der Waals surface area (Å²) < 4.78 is 0. The van der Waals surface area contributed by atoms with Gasteiger partial charge in [-0.05, 0) is 43.6 Å². The van der Waals surface area contributed by atoms with Gasteiger partial charge in [0.2, 0.25) is 11.8 Å². The number of primary amides is 1. The lowest BCUT2D eigenvalue weighted by atomic mass is 9.80. The van der Waals surface area contributed by atoms with Crippen LogP contribution in [0.2, 0.25) is 0 Å². The Bertz CT molecular complexity index is 508. The minimum absolute atomic E-state index is 0.0727. The van der Waals surface area contributed by atoms with Gasteiger partial charge in [-0.1, -0.05) is 19.1 Å². The molecule has 1 aromatic carbocycles. The van der Waals surface area contributed by atoms with Crippen molar-refractivity contribution in [3.63, 3.8) is 0 Å². The SMILES string of the molecule is CC1(C(=O)NCc2cccc(C(N)=O)c2)CCNCC1. The first-order chi connectivity index (χ1) is 9.51. The van der Waals surface area contributed by atoms with Crippen LogP contribution >= 0.6 is 0 Å². The van der Waals surface area contributed by atoms with Crippen molar-refractivity contribution in [2.75, 3.05) is 13.1 Å². The van der Waals surface area contributed by atoms with E-state index in [4.69, 9.17) is 5.73 Å². The summed E-state index contributed by atoms with van der Waals surface area (Å²) in [5, 5.41) is 6.21. The second-order valence-electron chi connectivity index (χ2n) is 5.56. The predicted octanol–water partition coefficient (Wildman–Crippen LogP) is 0.791. The van der Waals surface area contributed by atoms with Gasteiger partial charge in [-0.15, -0.1) is 0 Å². The van der Waals surface area contributed by atoms with E-state index in [2.05, 4.69) is 10.6 Å². The van der Waals surface area contributed by atoms with Gasteiger partial charge < -0.3 is 16.4 Å². The summed E-state index contributed by atoms with van der Waals surface area (Å²) in [6, 6.07) is 7.03. The molecule has 0 spiro atoms. The summed E-state index contributed by atoms with van der Waals surface area (Å²) in [5.41, 5.74) is 6.29. The van der Waals surface area contributed by atoms with Gasteiger partial charge in [0, 0.05) is 17.5 Å². The van der Waals surface area contributed by atoms with Crippen LogP contribution in [0, 0.1) is 5.41 Å². The molecule has 0 atom stereocenters. The van der Waals surface area contributed by atoms with E-state index in [1.165, 1.54) is 0 Å². The maximum absolute atomic E-state index is 12.3. The molecule has 108 valence electrons. The van der Waals surface area contributed by atoms with Crippen LogP contribution in [0.1, 0.15) is 35.7 Å². The van der Waals surface area contributed by atoms with Gasteiger partial charge in [0.25, 0.3) is 0 Å². The third-order valence-corrected chi connectivity index (χ3v) is 3.92. The molecule has 1 aromatic rings. The molecule has 0 aliphatic carbocycles. The molecule has 20 heavy (non-hydrogen) atoms. The lowest BCUT2D eigenvalue weighted by Crippen LogP contribution is -2.45. The van der Waals surface area contributed by atoms with Gasteiger partial charge in [0.05, 0.1) is 0 Å². The number of rotatable bonds is 4. The Balaban J connectivity index is 1.96. The van der Waals surface area contributed by atoms with E-state index in [0.29, 0.717) is 12.1 Å². The first-order valence-corrected chi connectivity index (χ1v) is 6.89. The van der Waals surface area contributed by atoms with Gasteiger partial charge in [0.15, 0.2) is 0 Å². The van der Waals surface area contributed by atoms with Gasteiger partial charge in [0.1, 0.15) is 0 Å². The number of carbonyl (C=O) groups excluding carboxylic acids is 2.